The van der Waals surface area contributed by atoms with Crippen molar-refractivity contribution in [2.45, 2.75) is 52.5 Å². The minimum absolute atomic E-state index is 0.0477. The Bertz CT molecular complexity index is 1090. The molecular weight excluding hydrogens is 431 g/mol. The smallest absolute Gasteiger partial charge is 0.244 e. The normalized spacial score (nSPS) is 18.3. The average Bonchev–Trinajstić information content (AvgIpc) is 3.22. The van der Waals surface area contributed by atoms with Gasteiger partial charge in [-0.3, -0.25) is 4.79 Å². The van der Waals surface area contributed by atoms with Crippen LogP contribution in [0.25, 0.3) is 11.4 Å². The number of benzene rings is 1. The number of carbonyl (C=O) groups is 1. The van der Waals surface area contributed by atoms with Crippen molar-refractivity contribution in [3.63, 3.8) is 0 Å². The van der Waals surface area contributed by atoms with Gasteiger partial charge in [0.15, 0.2) is 5.82 Å². The van der Waals surface area contributed by atoms with Gasteiger partial charge in [0.1, 0.15) is 24.0 Å². The van der Waals surface area contributed by atoms with Crippen LogP contribution in [0.3, 0.4) is 0 Å². The number of amides is 1. The molecule has 7 nitrogen and oxygen atoms in total. The van der Waals surface area contributed by atoms with Gasteiger partial charge in [0, 0.05) is 50.8 Å². The lowest BCUT2D eigenvalue weighted by molar-refractivity contribution is -0.133. The Hall–Kier alpha value is -3.29. The number of hydrogen-bond acceptors (Lipinski definition) is 5. The molecule has 2 aliphatic heterocycles. The number of aliphatic imine (C=N–C) groups is 1. The summed E-state index contributed by atoms with van der Waals surface area (Å²) in [6.07, 6.45) is 12.6. The molecule has 1 saturated heterocycles. The summed E-state index contributed by atoms with van der Waals surface area (Å²) in [5.74, 6) is 2.23. The van der Waals surface area contributed by atoms with Crippen LogP contribution in [0.4, 0.5) is 4.39 Å². The number of hydrogen-bond donors (Lipinski definition) is 0. The zero-order valence-electron chi connectivity index (χ0n) is 20.1. The van der Waals surface area contributed by atoms with E-state index in [1.807, 2.05) is 23.3 Å². The highest BCUT2D eigenvalue weighted by Crippen LogP contribution is 2.20. The van der Waals surface area contributed by atoms with Crippen molar-refractivity contribution in [3.8, 4) is 11.4 Å². The lowest BCUT2D eigenvalue weighted by atomic mass is 10.1. The second kappa shape index (κ2) is 11.2. The summed E-state index contributed by atoms with van der Waals surface area (Å²) >= 11 is 0. The van der Waals surface area contributed by atoms with Crippen LogP contribution in [-0.4, -0.2) is 62.5 Å². The molecule has 0 atom stereocenters. The minimum Gasteiger partial charge on any atom is -0.357 e. The van der Waals surface area contributed by atoms with Crippen molar-refractivity contribution in [2.24, 2.45) is 4.99 Å². The van der Waals surface area contributed by atoms with Crippen LogP contribution in [0.5, 0.6) is 0 Å². The highest BCUT2D eigenvalue weighted by atomic mass is 19.1. The molecule has 8 heteroatoms. The second-order valence-electron chi connectivity index (χ2n) is 8.80. The Morgan fingerprint density at radius 1 is 1.15 bits per heavy atom. The minimum atomic E-state index is -0.249. The predicted molar refractivity (Wildman–Crippen MR) is 132 cm³/mol. The van der Waals surface area contributed by atoms with E-state index in [1.54, 1.807) is 23.7 Å². The number of aryl methyl sites for hydroxylation is 2. The van der Waals surface area contributed by atoms with E-state index in [1.165, 1.54) is 6.07 Å². The lowest BCUT2D eigenvalue weighted by Gasteiger charge is -2.36. The summed E-state index contributed by atoms with van der Waals surface area (Å²) in [5, 5.41) is 4.64. The Morgan fingerprint density at radius 3 is 2.74 bits per heavy atom. The molecule has 0 bridgehead atoms. The number of nitrogens with zero attached hydrogens (tertiary/aromatic N) is 6. The number of allylic oxidation sites excluding steroid dienone is 3. The van der Waals surface area contributed by atoms with Gasteiger partial charge in [-0.05, 0) is 49.6 Å². The topological polar surface area (TPSA) is 66.6 Å². The summed E-state index contributed by atoms with van der Waals surface area (Å²) in [6.45, 7) is 6.92. The van der Waals surface area contributed by atoms with Crippen molar-refractivity contribution in [3.05, 3.63) is 59.8 Å². The number of rotatable bonds is 6. The highest BCUT2D eigenvalue weighted by Gasteiger charge is 2.24. The Kier molecular flexibility index (Phi) is 7.87. The summed E-state index contributed by atoms with van der Waals surface area (Å²) < 4.78 is 15.4. The molecule has 1 fully saturated rings. The molecule has 1 amide bonds. The van der Waals surface area contributed by atoms with Gasteiger partial charge in [-0.15, -0.1) is 0 Å². The first-order valence-electron chi connectivity index (χ1n) is 12.2. The molecule has 0 spiro atoms. The summed E-state index contributed by atoms with van der Waals surface area (Å²) in [6, 6.07) is 4.88. The van der Waals surface area contributed by atoms with Crippen LogP contribution < -0.4 is 0 Å². The van der Waals surface area contributed by atoms with E-state index >= 15 is 0 Å². The van der Waals surface area contributed by atoms with Gasteiger partial charge in [0.2, 0.25) is 5.91 Å². The van der Waals surface area contributed by atoms with Crippen molar-refractivity contribution < 1.29 is 9.18 Å². The zero-order chi connectivity index (χ0) is 23.9. The fraction of sp³-hybridized carbons (Fsp3) is 0.462. The highest BCUT2D eigenvalue weighted by molar-refractivity contribution is 5.83. The SMILES string of the molecule is CCCCc1nc(-c2ccc(F)c(C)c2)nn1CC(=O)N1CCN(C2=N/C=C\C=C/CC2)CC1. The molecule has 34 heavy (non-hydrogen) atoms. The molecule has 0 saturated carbocycles. The molecule has 0 N–H and O–H groups in total. The zero-order valence-corrected chi connectivity index (χ0v) is 20.1. The first kappa shape index (κ1) is 23.9. The van der Waals surface area contributed by atoms with Gasteiger partial charge < -0.3 is 9.80 Å². The van der Waals surface area contributed by atoms with Crippen molar-refractivity contribution >= 4 is 11.7 Å². The molecular formula is C26H33FN6O. The van der Waals surface area contributed by atoms with Gasteiger partial charge >= 0.3 is 0 Å². The molecule has 3 heterocycles. The third kappa shape index (κ3) is 5.79. The van der Waals surface area contributed by atoms with E-state index in [-0.39, 0.29) is 18.3 Å². The predicted octanol–water partition coefficient (Wildman–Crippen LogP) is 4.14. The molecule has 180 valence electrons. The maximum Gasteiger partial charge on any atom is 0.244 e. The van der Waals surface area contributed by atoms with E-state index in [0.29, 0.717) is 24.5 Å². The Morgan fingerprint density at radius 2 is 1.97 bits per heavy atom. The largest absolute Gasteiger partial charge is 0.357 e. The van der Waals surface area contributed by atoms with Crippen molar-refractivity contribution in [1.29, 1.82) is 0 Å². The van der Waals surface area contributed by atoms with Crippen LogP contribution >= 0.6 is 0 Å². The summed E-state index contributed by atoms with van der Waals surface area (Å²) in [7, 11) is 0. The van der Waals surface area contributed by atoms with E-state index < -0.39 is 0 Å². The molecule has 0 aliphatic carbocycles. The molecule has 0 radical (unpaired) electrons. The summed E-state index contributed by atoms with van der Waals surface area (Å²) in [4.78, 5) is 26.6. The third-order valence-corrected chi connectivity index (χ3v) is 6.29. The molecule has 4 rings (SSSR count). The van der Waals surface area contributed by atoms with Crippen LogP contribution in [-0.2, 0) is 17.8 Å². The van der Waals surface area contributed by atoms with Crippen molar-refractivity contribution in [2.75, 3.05) is 26.2 Å². The van der Waals surface area contributed by atoms with E-state index in [9.17, 15) is 9.18 Å². The van der Waals surface area contributed by atoms with E-state index in [2.05, 4.69) is 28.0 Å². The van der Waals surface area contributed by atoms with Crippen molar-refractivity contribution in [1.82, 2.24) is 24.6 Å². The number of piperazine rings is 1. The van der Waals surface area contributed by atoms with Crippen LogP contribution in [0.1, 0.15) is 44.0 Å². The fourth-order valence-corrected chi connectivity index (χ4v) is 4.24. The number of carbonyl (C=O) groups excluding carboxylic acids is 1. The van der Waals surface area contributed by atoms with Crippen LogP contribution in [0.15, 0.2) is 47.6 Å². The third-order valence-electron chi connectivity index (χ3n) is 6.29. The maximum atomic E-state index is 13.7. The van der Waals surface area contributed by atoms with Gasteiger partial charge in [-0.1, -0.05) is 25.5 Å². The van der Waals surface area contributed by atoms with Crippen LogP contribution in [0.2, 0.25) is 0 Å². The number of aromatic nitrogens is 3. The molecule has 2 aliphatic rings. The van der Waals surface area contributed by atoms with Gasteiger partial charge in [-0.25, -0.2) is 19.0 Å². The molecule has 1 aromatic carbocycles. The monoisotopic (exact) mass is 464 g/mol. The Balaban J connectivity index is 1.42. The Labute approximate surface area is 200 Å². The molecule has 0 unspecified atom stereocenters. The summed E-state index contributed by atoms with van der Waals surface area (Å²) in [5.41, 5.74) is 1.32. The van der Waals surface area contributed by atoms with Gasteiger partial charge in [0.25, 0.3) is 0 Å². The van der Waals surface area contributed by atoms with Gasteiger partial charge in [-0.2, -0.15) is 5.10 Å². The molecule has 2 aromatic rings. The standard InChI is InChI=1S/C26H33FN6O/c1-3-4-9-24-29-26(21-11-12-22(27)20(2)18-21)30-33(24)19-25(34)32-16-14-31(15-17-32)23-10-7-5-6-8-13-28-23/h5-6,8,11-13,18H,3-4,7,9-10,14-17,19H2,1-2H3/b6-5-,13-8-,28-23?. The van der Waals surface area contributed by atoms with E-state index in [0.717, 1.165) is 62.4 Å². The van der Waals surface area contributed by atoms with Crippen LogP contribution in [0, 0.1) is 12.7 Å². The van der Waals surface area contributed by atoms with E-state index in [4.69, 9.17) is 4.98 Å². The number of amidine groups is 1. The second-order valence-corrected chi connectivity index (χ2v) is 8.80. The first-order chi connectivity index (χ1) is 16.5. The average molecular weight is 465 g/mol. The quantitative estimate of drug-likeness (QED) is 0.644. The number of unbranched alkanes of at least 4 members (excludes halogenated alkanes) is 1. The van der Waals surface area contributed by atoms with Gasteiger partial charge in [0.05, 0.1) is 0 Å². The number of halogens is 1. The first-order valence-corrected chi connectivity index (χ1v) is 12.2. The fourth-order valence-electron chi connectivity index (χ4n) is 4.24. The molecule has 1 aromatic heterocycles. The lowest BCUT2D eigenvalue weighted by Crippen LogP contribution is -2.51. The maximum absolute atomic E-state index is 13.7.